The minimum absolute atomic E-state index is 0.00380. The number of nitrogens with zero attached hydrogens (tertiary/aromatic N) is 3. The molecule has 3 aromatic rings. The van der Waals surface area contributed by atoms with E-state index >= 15 is 0 Å². The fourth-order valence-corrected chi connectivity index (χ4v) is 2.95. The number of benzene rings is 2. The van der Waals surface area contributed by atoms with Crippen LogP contribution in [-0.2, 0) is 0 Å². The lowest BCUT2D eigenvalue weighted by Crippen LogP contribution is -1.93. The van der Waals surface area contributed by atoms with Gasteiger partial charge in [0.1, 0.15) is 22.5 Å². The van der Waals surface area contributed by atoms with Crippen LogP contribution in [0.4, 0.5) is 15.8 Å². The molecule has 0 aliphatic carbocycles. The quantitative estimate of drug-likeness (QED) is 0.396. The molecule has 0 aliphatic heterocycles. The van der Waals surface area contributed by atoms with Crippen molar-refractivity contribution in [3.63, 3.8) is 0 Å². The number of aromatic nitrogens is 1. The molecule has 6 nitrogen and oxygen atoms in total. The number of halogens is 1. The van der Waals surface area contributed by atoms with Crippen LogP contribution in [0.3, 0.4) is 0 Å². The van der Waals surface area contributed by atoms with Crippen LogP contribution in [0.1, 0.15) is 5.01 Å². The van der Waals surface area contributed by atoms with Crippen LogP contribution in [0.5, 0.6) is 0 Å². The molecule has 0 saturated heterocycles. The van der Waals surface area contributed by atoms with Gasteiger partial charge in [0.2, 0.25) is 0 Å². The zero-order chi connectivity index (χ0) is 18.5. The SMILES string of the molecule is N#C/C(=C\Nc1ccccc1F)c1nc(-c2ccc([N+](=O)[O-])cc2)cs1. The predicted molar refractivity (Wildman–Crippen MR) is 97.8 cm³/mol. The fourth-order valence-electron chi connectivity index (χ4n) is 2.15. The summed E-state index contributed by atoms with van der Waals surface area (Å²) in [5.74, 6) is -0.424. The highest BCUT2D eigenvalue weighted by atomic mass is 32.1. The van der Waals surface area contributed by atoms with E-state index in [9.17, 15) is 19.8 Å². The van der Waals surface area contributed by atoms with E-state index in [2.05, 4.69) is 10.3 Å². The lowest BCUT2D eigenvalue weighted by molar-refractivity contribution is -0.384. The van der Waals surface area contributed by atoms with Crippen LogP contribution >= 0.6 is 11.3 Å². The van der Waals surface area contributed by atoms with Gasteiger partial charge in [-0.15, -0.1) is 11.3 Å². The number of para-hydroxylation sites is 1. The summed E-state index contributed by atoms with van der Waals surface area (Å²) in [4.78, 5) is 14.6. The maximum atomic E-state index is 13.6. The van der Waals surface area contributed by atoms with E-state index in [-0.39, 0.29) is 16.9 Å². The van der Waals surface area contributed by atoms with Gasteiger partial charge >= 0.3 is 0 Å². The molecule has 128 valence electrons. The highest BCUT2D eigenvalue weighted by Crippen LogP contribution is 2.27. The summed E-state index contributed by atoms with van der Waals surface area (Å²) in [6.45, 7) is 0. The Morgan fingerprint density at radius 3 is 2.65 bits per heavy atom. The van der Waals surface area contributed by atoms with Gasteiger partial charge in [0.05, 0.1) is 16.3 Å². The molecule has 8 heteroatoms. The van der Waals surface area contributed by atoms with Crippen molar-refractivity contribution in [1.82, 2.24) is 4.98 Å². The van der Waals surface area contributed by atoms with E-state index < -0.39 is 10.7 Å². The van der Waals surface area contributed by atoms with Crippen LogP contribution < -0.4 is 5.32 Å². The van der Waals surface area contributed by atoms with Crippen molar-refractivity contribution in [2.75, 3.05) is 5.32 Å². The molecule has 0 aliphatic rings. The minimum Gasteiger partial charge on any atom is -0.358 e. The van der Waals surface area contributed by atoms with Crippen molar-refractivity contribution < 1.29 is 9.31 Å². The molecule has 0 radical (unpaired) electrons. The summed E-state index contributed by atoms with van der Waals surface area (Å²) in [5, 5.41) is 25.0. The molecule has 3 rings (SSSR count). The third-order valence-electron chi connectivity index (χ3n) is 3.47. The molecule has 1 heterocycles. The smallest absolute Gasteiger partial charge is 0.269 e. The number of allylic oxidation sites excluding steroid dienone is 1. The number of rotatable bonds is 5. The summed E-state index contributed by atoms with van der Waals surface area (Å²) in [6.07, 6.45) is 1.40. The normalized spacial score (nSPS) is 11.0. The Morgan fingerprint density at radius 2 is 2.00 bits per heavy atom. The Bertz CT molecular complexity index is 1020. The maximum Gasteiger partial charge on any atom is 0.269 e. The van der Waals surface area contributed by atoms with Crippen LogP contribution in [-0.4, -0.2) is 9.91 Å². The van der Waals surface area contributed by atoms with Crippen molar-refractivity contribution in [2.45, 2.75) is 0 Å². The van der Waals surface area contributed by atoms with Gasteiger partial charge in [0.15, 0.2) is 0 Å². The first kappa shape index (κ1) is 17.3. The molecule has 0 fully saturated rings. The van der Waals surface area contributed by atoms with Gasteiger partial charge in [-0.1, -0.05) is 12.1 Å². The Hall–Kier alpha value is -3.57. The Labute approximate surface area is 152 Å². The van der Waals surface area contributed by atoms with Crippen LogP contribution in [0, 0.1) is 27.3 Å². The van der Waals surface area contributed by atoms with Gasteiger partial charge in [0, 0.05) is 29.3 Å². The molecule has 2 aromatic carbocycles. The van der Waals surface area contributed by atoms with Gasteiger partial charge in [0.25, 0.3) is 5.69 Å². The second-order valence-corrected chi connectivity index (χ2v) is 5.99. The monoisotopic (exact) mass is 366 g/mol. The van der Waals surface area contributed by atoms with Crippen molar-refractivity contribution in [3.05, 3.63) is 81.1 Å². The molecule has 26 heavy (non-hydrogen) atoms. The number of hydrogen-bond donors (Lipinski definition) is 1. The highest BCUT2D eigenvalue weighted by Gasteiger charge is 2.11. The largest absolute Gasteiger partial charge is 0.358 e. The van der Waals surface area contributed by atoms with Crippen molar-refractivity contribution >= 4 is 28.3 Å². The summed E-state index contributed by atoms with van der Waals surface area (Å²) in [7, 11) is 0. The molecule has 1 aromatic heterocycles. The minimum atomic E-state index is -0.471. The standard InChI is InChI=1S/C18H11FN4O2S/c19-15-3-1-2-4-16(15)21-10-13(9-20)18-22-17(11-26-18)12-5-7-14(8-6-12)23(24)25/h1-8,10-11,21H/b13-10+. The van der Waals surface area contributed by atoms with Crippen molar-refractivity contribution in [3.8, 4) is 17.3 Å². The zero-order valence-electron chi connectivity index (χ0n) is 13.2. The molecule has 0 spiro atoms. The maximum absolute atomic E-state index is 13.6. The van der Waals surface area contributed by atoms with E-state index in [4.69, 9.17) is 0 Å². The molecule has 0 atom stereocenters. The lowest BCUT2D eigenvalue weighted by Gasteiger charge is -2.02. The molecular weight excluding hydrogens is 355 g/mol. The highest BCUT2D eigenvalue weighted by molar-refractivity contribution is 7.11. The Morgan fingerprint density at radius 1 is 1.27 bits per heavy atom. The molecule has 0 bridgehead atoms. The number of thiazole rings is 1. The summed E-state index contributed by atoms with van der Waals surface area (Å²) < 4.78 is 13.6. The number of anilines is 1. The topological polar surface area (TPSA) is 91.8 Å². The summed E-state index contributed by atoms with van der Waals surface area (Å²) >= 11 is 1.26. The van der Waals surface area contributed by atoms with E-state index in [1.165, 1.54) is 35.7 Å². The summed E-state index contributed by atoms with van der Waals surface area (Å²) in [6, 6.07) is 14.2. The molecular formula is C18H11FN4O2S. The van der Waals surface area contributed by atoms with Gasteiger partial charge < -0.3 is 5.32 Å². The Kier molecular flexibility index (Phi) is 5.01. The number of nitro groups is 1. The number of nitrogens with one attached hydrogen (secondary N) is 1. The number of non-ortho nitro benzene ring substituents is 1. The summed E-state index contributed by atoms with van der Waals surface area (Å²) in [5.41, 5.74) is 1.82. The first-order chi connectivity index (χ1) is 12.6. The predicted octanol–water partition coefficient (Wildman–Crippen LogP) is 4.83. The third kappa shape index (κ3) is 3.74. The van der Waals surface area contributed by atoms with Crippen molar-refractivity contribution in [2.24, 2.45) is 0 Å². The first-order valence-electron chi connectivity index (χ1n) is 7.40. The molecule has 0 saturated carbocycles. The van der Waals surface area contributed by atoms with Gasteiger partial charge in [-0.05, 0) is 24.3 Å². The number of nitriles is 1. The first-order valence-corrected chi connectivity index (χ1v) is 8.28. The van der Waals surface area contributed by atoms with E-state index in [0.29, 0.717) is 16.3 Å². The number of hydrogen-bond acceptors (Lipinski definition) is 6. The van der Waals surface area contributed by atoms with Crippen molar-refractivity contribution in [1.29, 1.82) is 5.26 Å². The number of nitro benzene ring substituents is 1. The zero-order valence-corrected chi connectivity index (χ0v) is 14.0. The van der Waals surface area contributed by atoms with Gasteiger partial charge in [-0.2, -0.15) is 5.26 Å². The molecule has 1 N–H and O–H groups in total. The van der Waals surface area contributed by atoms with Crippen LogP contribution in [0.2, 0.25) is 0 Å². The van der Waals surface area contributed by atoms with E-state index in [1.807, 2.05) is 6.07 Å². The van der Waals surface area contributed by atoms with Gasteiger partial charge in [-0.3, -0.25) is 10.1 Å². The second-order valence-electron chi connectivity index (χ2n) is 5.14. The van der Waals surface area contributed by atoms with Gasteiger partial charge in [-0.25, -0.2) is 9.37 Å². The van der Waals surface area contributed by atoms with E-state index in [0.717, 1.165) is 0 Å². The van der Waals surface area contributed by atoms with Crippen LogP contribution in [0.15, 0.2) is 60.1 Å². The van der Waals surface area contributed by atoms with Crippen LogP contribution in [0.25, 0.3) is 16.8 Å². The third-order valence-corrected chi connectivity index (χ3v) is 4.35. The van der Waals surface area contributed by atoms with E-state index in [1.54, 1.807) is 35.7 Å². The average Bonchev–Trinajstić information content (AvgIpc) is 3.14. The average molecular weight is 366 g/mol. The lowest BCUT2D eigenvalue weighted by atomic mass is 10.1. The molecule has 0 unspecified atom stereocenters. The second kappa shape index (κ2) is 7.55. The fraction of sp³-hybridized carbons (Fsp3) is 0. The Balaban J connectivity index is 1.83. The molecule has 0 amide bonds.